The lowest BCUT2D eigenvalue weighted by atomic mass is 9.97. The van der Waals surface area contributed by atoms with Crippen LogP contribution in [0.4, 0.5) is 5.69 Å². The molecule has 0 spiro atoms. The number of hydrogen-bond donors (Lipinski definition) is 2. The zero-order valence-electron chi connectivity index (χ0n) is 18.5. The fourth-order valence-corrected chi connectivity index (χ4v) is 5.50. The number of nitrogens with zero attached hydrogens (tertiary/aromatic N) is 1. The van der Waals surface area contributed by atoms with Crippen LogP contribution in [-0.4, -0.2) is 49.9 Å². The molecule has 1 heterocycles. The van der Waals surface area contributed by atoms with Crippen LogP contribution in [0.1, 0.15) is 37.0 Å². The highest BCUT2D eigenvalue weighted by molar-refractivity contribution is 7.98. The molecule has 0 atom stereocenters. The standard InChI is InChI=1S/C23H29N3O4S2/c1-16(2)24-23(28)20-6-4-5-7-21(20)25-22(27)17-12-14-26(15-13-17)32(29,30)19-10-8-18(31-3)9-11-19/h4-11,16-17H,12-15H2,1-3H3,(H,24,28)(H,25,27). The SMILES string of the molecule is CSc1ccc(S(=O)(=O)N2CCC(C(=O)Nc3ccccc3C(=O)NC(C)C)CC2)cc1. The van der Waals surface area contributed by atoms with E-state index in [2.05, 4.69) is 10.6 Å². The molecule has 0 unspecified atom stereocenters. The molecule has 1 fully saturated rings. The van der Waals surface area contributed by atoms with Gasteiger partial charge >= 0.3 is 0 Å². The topological polar surface area (TPSA) is 95.6 Å². The molecular formula is C23H29N3O4S2. The van der Waals surface area contributed by atoms with Gasteiger partial charge in [-0.05, 0) is 69.3 Å². The van der Waals surface area contributed by atoms with E-state index in [-0.39, 0.29) is 41.8 Å². The second kappa shape index (κ2) is 10.5. The lowest BCUT2D eigenvalue weighted by Crippen LogP contribution is -2.41. The monoisotopic (exact) mass is 475 g/mol. The van der Waals surface area contributed by atoms with E-state index in [0.717, 1.165) is 4.90 Å². The molecule has 0 bridgehead atoms. The van der Waals surface area contributed by atoms with Gasteiger partial charge in [-0.3, -0.25) is 9.59 Å². The highest BCUT2D eigenvalue weighted by Crippen LogP contribution is 2.26. The van der Waals surface area contributed by atoms with Gasteiger partial charge in [-0.1, -0.05) is 12.1 Å². The second-order valence-electron chi connectivity index (χ2n) is 8.02. The molecule has 9 heteroatoms. The van der Waals surface area contributed by atoms with Crippen LogP contribution in [-0.2, 0) is 14.8 Å². The van der Waals surface area contributed by atoms with Crippen LogP contribution < -0.4 is 10.6 Å². The number of nitrogens with one attached hydrogen (secondary N) is 2. The molecule has 2 aromatic carbocycles. The predicted octanol–water partition coefficient (Wildman–Crippen LogP) is 3.59. The Balaban J connectivity index is 1.63. The Bertz CT molecular complexity index is 1060. The number of para-hydroxylation sites is 1. The van der Waals surface area contributed by atoms with Gasteiger partial charge in [0.15, 0.2) is 0 Å². The number of amides is 2. The zero-order valence-corrected chi connectivity index (χ0v) is 20.1. The van der Waals surface area contributed by atoms with Gasteiger partial charge in [-0.25, -0.2) is 8.42 Å². The molecule has 172 valence electrons. The third-order valence-electron chi connectivity index (χ3n) is 5.37. The summed E-state index contributed by atoms with van der Waals surface area (Å²) in [6.45, 7) is 4.30. The Kier molecular flexibility index (Phi) is 7.97. The van der Waals surface area contributed by atoms with Crippen molar-refractivity contribution in [3.63, 3.8) is 0 Å². The van der Waals surface area contributed by atoms with Crippen LogP contribution >= 0.6 is 11.8 Å². The molecule has 2 amide bonds. The number of benzene rings is 2. The van der Waals surface area contributed by atoms with E-state index in [1.165, 1.54) is 4.31 Å². The largest absolute Gasteiger partial charge is 0.350 e. The predicted molar refractivity (Wildman–Crippen MR) is 127 cm³/mol. The van der Waals surface area contributed by atoms with E-state index in [1.807, 2.05) is 20.1 Å². The molecule has 0 aliphatic carbocycles. The van der Waals surface area contributed by atoms with Crippen molar-refractivity contribution in [3.05, 3.63) is 54.1 Å². The van der Waals surface area contributed by atoms with Crippen LogP contribution in [0.15, 0.2) is 58.3 Å². The van der Waals surface area contributed by atoms with E-state index < -0.39 is 10.0 Å². The average Bonchev–Trinajstić information content (AvgIpc) is 2.79. The fraction of sp³-hybridized carbons (Fsp3) is 0.391. The first-order valence-corrected chi connectivity index (χ1v) is 13.2. The molecule has 32 heavy (non-hydrogen) atoms. The molecule has 0 radical (unpaired) electrons. The minimum Gasteiger partial charge on any atom is -0.350 e. The Morgan fingerprint density at radius 2 is 1.66 bits per heavy atom. The maximum absolute atomic E-state index is 12.9. The summed E-state index contributed by atoms with van der Waals surface area (Å²) in [5, 5.41) is 5.69. The Morgan fingerprint density at radius 1 is 1.03 bits per heavy atom. The maximum Gasteiger partial charge on any atom is 0.253 e. The molecule has 2 aromatic rings. The third-order valence-corrected chi connectivity index (χ3v) is 8.03. The van der Waals surface area contributed by atoms with Crippen molar-refractivity contribution in [2.24, 2.45) is 5.92 Å². The van der Waals surface area contributed by atoms with Gasteiger partial charge in [-0.15, -0.1) is 11.8 Å². The summed E-state index contributed by atoms with van der Waals surface area (Å²) in [6, 6.07) is 13.7. The number of hydrogen-bond acceptors (Lipinski definition) is 5. The summed E-state index contributed by atoms with van der Waals surface area (Å²) >= 11 is 1.56. The third kappa shape index (κ3) is 5.70. The molecular weight excluding hydrogens is 446 g/mol. The summed E-state index contributed by atoms with van der Waals surface area (Å²) in [5.41, 5.74) is 0.864. The number of anilines is 1. The van der Waals surface area contributed by atoms with Crippen molar-refractivity contribution in [2.75, 3.05) is 24.7 Å². The molecule has 2 N–H and O–H groups in total. The average molecular weight is 476 g/mol. The highest BCUT2D eigenvalue weighted by Gasteiger charge is 2.32. The van der Waals surface area contributed by atoms with Crippen molar-refractivity contribution in [3.8, 4) is 0 Å². The highest BCUT2D eigenvalue weighted by atomic mass is 32.2. The van der Waals surface area contributed by atoms with E-state index in [9.17, 15) is 18.0 Å². The van der Waals surface area contributed by atoms with Gasteiger partial charge in [0, 0.05) is 29.9 Å². The van der Waals surface area contributed by atoms with E-state index in [1.54, 1.807) is 60.3 Å². The number of thioether (sulfide) groups is 1. The summed E-state index contributed by atoms with van der Waals surface area (Å²) in [7, 11) is -3.59. The molecule has 1 aliphatic rings. The summed E-state index contributed by atoms with van der Waals surface area (Å²) in [4.78, 5) is 26.5. The van der Waals surface area contributed by atoms with E-state index >= 15 is 0 Å². The van der Waals surface area contributed by atoms with Crippen molar-refractivity contribution >= 4 is 39.3 Å². The lowest BCUT2D eigenvalue weighted by Gasteiger charge is -2.30. The number of piperidine rings is 1. The first-order valence-electron chi connectivity index (χ1n) is 10.6. The van der Waals surface area contributed by atoms with Gasteiger partial charge in [0.2, 0.25) is 15.9 Å². The van der Waals surface area contributed by atoms with E-state index in [4.69, 9.17) is 0 Å². The minimum atomic E-state index is -3.59. The molecule has 7 nitrogen and oxygen atoms in total. The van der Waals surface area contributed by atoms with Crippen LogP contribution in [0.2, 0.25) is 0 Å². The number of carbonyl (C=O) groups is 2. The van der Waals surface area contributed by atoms with Gasteiger partial charge in [0.1, 0.15) is 0 Å². The molecule has 0 aromatic heterocycles. The quantitative estimate of drug-likeness (QED) is 0.597. The first-order chi connectivity index (χ1) is 15.2. The van der Waals surface area contributed by atoms with Gasteiger partial charge < -0.3 is 10.6 Å². The van der Waals surface area contributed by atoms with Gasteiger partial charge in [-0.2, -0.15) is 4.31 Å². The Labute approximate surface area is 194 Å². The summed E-state index contributed by atoms with van der Waals surface area (Å²) < 4.78 is 27.3. The van der Waals surface area contributed by atoms with Crippen molar-refractivity contribution in [1.82, 2.24) is 9.62 Å². The zero-order chi connectivity index (χ0) is 23.3. The summed E-state index contributed by atoms with van der Waals surface area (Å²) in [5.74, 6) is -0.762. The van der Waals surface area contributed by atoms with Crippen molar-refractivity contribution < 1.29 is 18.0 Å². The van der Waals surface area contributed by atoms with Crippen LogP contribution in [0.5, 0.6) is 0 Å². The number of carbonyl (C=O) groups excluding carboxylic acids is 2. The minimum absolute atomic E-state index is 0.0190. The molecule has 3 rings (SSSR count). The van der Waals surface area contributed by atoms with Gasteiger partial charge in [0.05, 0.1) is 16.1 Å². The smallest absolute Gasteiger partial charge is 0.253 e. The molecule has 1 aliphatic heterocycles. The number of rotatable bonds is 7. The number of sulfonamides is 1. The Morgan fingerprint density at radius 3 is 2.25 bits per heavy atom. The van der Waals surface area contributed by atoms with Crippen LogP contribution in [0.25, 0.3) is 0 Å². The van der Waals surface area contributed by atoms with Crippen molar-refractivity contribution in [1.29, 1.82) is 0 Å². The molecule has 0 saturated carbocycles. The molecule has 1 saturated heterocycles. The normalized spacial score (nSPS) is 15.5. The fourth-order valence-electron chi connectivity index (χ4n) is 3.62. The van der Waals surface area contributed by atoms with Gasteiger partial charge in [0.25, 0.3) is 5.91 Å². The van der Waals surface area contributed by atoms with E-state index in [0.29, 0.717) is 24.1 Å². The maximum atomic E-state index is 12.9. The van der Waals surface area contributed by atoms with Crippen LogP contribution in [0.3, 0.4) is 0 Å². The van der Waals surface area contributed by atoms with Crippen LogP contribution in [0, 0.1) is 5.92 Å². The Hall–Kier alpha value is -2.36. The van der Waals surface area contributed by atoms with Crippen molar-refractivity contribution in [2.45, 2.75) is 42.5 Å². The lowest BCUT2D eigenvalue weighted by molar-refractivity contribution is -0.120. The second-order valence-corrected chi connectivity index (χ2v) is 10.8. The summed E-state index contributed by atoms with van der Waals surface area (Å²) in [6.07, 6.45) is 2.79. The first kappa shape index (κ1) is 24.3.